The first-order valence-electron chi connectivity index (χ1n) is 12.3. The molecule has 0 bridgehead atoms. The highest BCUT2D eigenvalue weighted by Gasteiger charge is 2.25. The Morgan fingerprint density at radius 3 is 2.22 bits per heavy atom. The zero-order chi connectivity index (χ0) is 28.5. The van der Waals surface area contributed by atoms with E-state index >= 15 is 0 Å². The van der Waals surface area contributed by atoms with Crippen molar-refractivity contribution in [3.63, 3.8) is 0 Å². The van der Waals surface area contributed by atoms with Gasteiger partial charge in [-0.25, -0.2) is 9.18 Å². The van der Waals surface area contributed by atoms with E-state index in [0.29, 0.717) is 37.6 Å². The number of anilines is 2. The number of nitrogens with zero attached hydrogens (tertiary/aromatic N) is 3. The number of aliphatic hydroxyl groups excluding tert-OH is 1. The van der Waals surface area contributed by atoms with Crippen molar-refractivity contribution in [3.8, 4) is 0 Å². The zero-order valence-electron chi connectivity index (χ0n) is 22.6. The predicted molar refractivity (Wildman–Crippen MR) is 146 cm³/mol. The molecule has 0 spiro atoms. The van der Waals surface area contributed by atoms with Crippen LogP contribution in [0.1, 0.15) is 34.6 Å². The molecule has 1 aliphatic rings. The number of hydrogen-bond acceptors (Lipinski definition) is 6. The van der Waals surface area contributed by atoms with Crippen LogP contribution in [-0.4, -0.2) is 73.9 Å². The van der Waals surface area contributed by atoms with Gasteiger partial charge in [0.2, 0.25) is 6.41 Å². The lowest BCUT2D eigenvalue weighted by Crippen LogP contribution is -2.46. The van der Waals surface area contributed by atoms with Gasteiger partial charge in [-0.15, -0.1) is 0 Å². The number of carbonyl (C=O) groups is 3. The maximum Gasteiger partial charge on any atom is 0.319 e. The van der Waals surface area contributed by atoms with Crippen LogP contribution in [0.3, 0.4) is 0 Å². The van der Waals surface area contributed by atoms with Crippen molar-refractivity contribution >= 4 is 29.7 Å². The number of imide groups is 1. The van der Waals surface area contributed by atoms with Crippen molar-refractivity contribution in [2.75, 3.05) is 49.2 Å². The normalized spacial score (nSPS) is 13.9. The molecule has 1 unspecified atom stereocenters. The van der Waals surface area contributed by atoms with E-state index in [0.717, 1.165) is 15.9 Å². The average molecular weight is 521 g/mol. The Morgan fingerprint density at radius 1 is 1.16 bits per heavy atom. The SMILES string of the molecule is C=C/C(C)=C(\C=C)C(=O)N(C=O)CC(O)CN(C(N)=O)c1ccc(N2CCOCC2)c(F)c1.CC.CC. The first-order chi connectivity index (χ1) is 17.7. The maximum atomic E-state index is 14.8. The van der Waals surface area contributed by atoms with E-state index in [1.54, 1.807) is 6.92 Å². The second kappa shape index (κ2) is 17.9. The van der Waals surface area contributed by atoms with Gasteiger partial charge in [0.15, 0.2) is 0 Å². The highest BCUT2D eigenvalue weighted by atomic mass is 19.1. The van der Waals surface area contributed by atoms with Crippen LogP contribution in [0.2, 0.25) is 0 Å². The Hall–Kier alpha value is -3.50. The van der Waals surface area contributed by atoms with Crippen LogP contribution in [0, 0.1) is 5.82 Å². The molecule has 206 valence electrons. The molecule has 1 heterocycles. The minimum absolute atomic E-state index is 0.134. The Kier molecular flexibility index (Phi) is 16.2. The number of morpholine rings is 1. The van der Waals surface area contributed by atoms with E-state index in [1.165, 1.54) is 24.3 Å². The second-order valence-corrected chi connectivity index (χ2v) is 7.41. The molecule has 1 aromatic rings. The molecule has 0 saturated carbocycles. The Labute approximate surface area is 219 Å². The minimum Gasteiger partial charge on any atom is -0.389 e. The van der Waals surface area contributed by atoms with E-state index in [2.05, 4.69) is 13.2 Å². The summed E-state index contributed by atoms with van der Waals surface area (Å²) in [5.41, 5.74) is 6.60. The third kappa shape index (κ3) is 9.82. The van der Waals surface area contributed by atoms with Gasteiger partial charge in [0.25, 0.3) is 5.91 Å². The number of amides is 4. The van der Waals surface area contributed by atoms with Crippen molar-refractivity contribution in [2.45, 2.75) is 40.7 Å². The quantitative estimate of drug-likeness (QED) is 0.276. The number of allylic oxidation sites excluding steroid dienone is 2. The minimum atomic E-state index is -1.34. The number of carbonyl (C=O) groups excluding carboxylic acids is 3. The van der Waals surface area contributed by atoms with E-state index in [1.807, 2.05) is 32.6 Å². The summed E-state index contributed by atoms with van der Waals surface area (Å²) in [5, 5.41) is 10.5. The molecule has 0 radical (unpaired) electrons. The Balaban J connectivity index is 0.00000308. The van der Waals surface area contributed by atoms with E-state index in [9.17, 15) is 23.9 Å². The molecule has 1 fully saturated rings. The largest absolute Gasteiger partial charge is 0.389 e. The lowest BCUT2D eigenvalue weighted by atomic mass is 10.1. The molecular weight excluding hydrogens is 479 g/mol. The zero-order valence-corrected chi connectivity index (χ0v) is 22.6. The summed E-state index contributed by atoms with van der Waals surface area (Å²) in [5.74, 6) is -1.23. The molecule has 4 amide bonds. The molecule has 0 aliphatic carbocycles. The smallest absolute Gasteiger partial charge is 0.319 e. The van der Waals surface area contributed by atoms with Crippen molar-refractivity contribution < 1.29 is 28.6 Å². The molecular formula is C27H41FN4O5. The number of halogens is 1. The summed E-state index contributed by atoms with van der Waals surface area (Å²) < 4.78 is 20.0. The monoisotopic (exact) mass is 520 g/mol. The first-order valence-corrected chi connectivity index (χ1v) is 12.3. The fourth-order valence-electron chi connectivity index (χ4n) is 3.40. The van der Waals surface area contributed by atoms with E-state index in [4.69, 9.17) is 10.5 Å². The van der Waals surface area contributed by atoms with Gasteiger partial charge in [0.05, 0.1) is 38.1 Å². The molecule has 1 saturated heterocycles. The molecule has 37 heavy (non-hydrogen) atoms. The molecule has 0 aromatic heterocycles. The number of urea groups is 1. The molecule has 10 heteroatoms. The van der Waals surface area contributed by atoms with Crippen LogP contribution >= 0.6 is 0 Å². The van der Waals surface area contributed by atoms with Crippen LogP contribution < -0.4 is 15.5 Å². The van der Waals surface area contributed by atoms with Gasteiger partial charge < -0.3 is 20.5 Å². The summed E-state index contributed by atoms with van der Waals surface area (Å²) in [4.78, 5) is 39.7. The van der Waals surface area contributed by atoms with Crippen molar-refractivity contribution in [3.05, 3.63) is 60.5 Å². The van der Waals surface area contributed by atoms with Gasteiger partial charge in [-0.1, -0.05) is 53.0 Å². The Morgan fingerprint density at radius 2 is 1.76 bits per heavy atom. The van der Waals surface area contributed by atoms with Gasteiger partial charge in [0, 0.05) is 24.4 Å². The van der Waals surface area contributed by atoms with Crippen molar-refractivity contribution in [2.24, 2.45) is 5.73 Å². The second-order valence-electron chi connectivity index (χ2n) is 7.41. The standard InChI is InChI=1S/C23H29FN4O5.2C2H6/c1-4-16(3)19(5-2)22(31)27(15-29)13-18(30)14-28(23(25)32)17-6-7-21(20(24)12-17)26-8-10-33-11-9-26;2*1-2/h4-7,12,15,18,30H,1-2,8-11,13-14H2,3H3,(H2,25,32);2*1-2H3/b19-16+;;. The van der Waals surface area contributed by atoms with Crippen LogP contribution in [0.15, 0.2) is 54.7 Å². The number of aliphatic hydroxyl groups is 1. The van der Waals surface area contributed by atoms with Gasteiger partial charge in [-0.2, -0.15) is 0 Å². The fourth-order valence-corrected chi connectivity index (χ4v) is 3.40. The third-order valence-corrected chi connectivity index (χ3v) is 5.22. The number of nitrogens with two attached hydrogens (primary N) is 1. The molecule has 3 N–H and O–H groups in total. The molecule has 2 rings (SSSR count). The van der Waals surface area contributed by atoms with Crippen molar-refractivity contribution in [1.29, 1.82) is 0 Å². The van der Waals surface area contributed by atoms with Crippen LogP contribution in [0.5, 0.6) is 0 Å². The first kappa shape index (κ1) is 33.5. The van der Waals surface area contributed by atoms with Gasteiger partial charge in [0.1, 0.15) is 5.82 Å². The summed E-state index contributed by atoms with van der Waals surface area (Å²) in [6.07, 6.45) is 1.66. The van der Waals surface area contributed by atoms with Crippen LogP contribution in [-0.2, 0) is 14.3 Å². The fraction of sp³-hybridized carbons (Fsp3) is 0.444. The highest BCUT2D eigenvalue weighted by Crippen LogP contribution is 2.26. The van der Waals surface area contributed by atoms with Gasteiger partial charge >= 0.3 is 6.03 Å². The van der Waals surface area contributed by atoms with Gasteiger partial charge in [-0.05, 0) is 30.7 Å². The summed E-state index contributed by atoms with van der Waals surface area (Å²) in [7, 11) is 0. The number of primary amides is 1. The number of rotatable bonds is 10. The molecule has 1 aromatic carbocycles. The van der Waals surface area contributed by atoms with Crippen molar-refractivity contribution in [1.82, 2.24) is 4.90 Å². The molecule has 9 nitrogen and oxygen atoms in total. The lowest BCUT2D eigenvalue weighted by Gasteiger charge is -2.30. The van der Waals surface area contributed by atoms with Crippen LogP contribution in [0.4, 0.5) is 20.6 Å². The summed E-state index contributed by atoms with van der Waals surface area (Å²) in [6, 6.07) is 3.26. The summed E-state index contributed by atoms with van der Waals surface area (Å²) in [6.45, 7) is 18.0. The van der Waals surface area contributed by atoms with E-state index < -0.39 is 30.4 Å². The number of hydrogen-bond donors (Lipinski definition) is 2. The maximum absolute atomic E-state index is 14.8. The number of benzene rings is 1. The molecule has 1 aliphatic heterocycles. The van der Waals surface area contributed by atoms with Crippen LogP contribution in [0.25, 0.3) is 0 Å². The molecule has 1 atom stereocenters. The third-order valence-electron chi connectivity index (χ3n) is 5.22. The Bertz CT molecular complexity index is 945. The average Bonchev–Trinajstić information content (AvgIpc) is 2.93. The predicted octanol–water partition coefficient (Wildman–Crippen LogP) is 3.63. The number of ether oxygens (including phenoxy) is 1. The topological polar surface area (TPSA) is 116 Å². The highest BCUT2D eigenvalue weighted by molar-refractivity contribution is 6.02. The lowest BCUT2D eigenvalue weighted by molar-refractivity contribution is -0.136. The summed E-state index contributed by atoms with van der Waals surface area (Å²) >= 11 is 0. The van der Waals surface area contributed by atoms with Gasteiger partial charge in [-0.3, -0.25) is 19.4 Å². The van der Waals surface area contributed by atoms with E-state index in [-0.39, 0.29) is 24.2 Å².